The summed E-state index contributed by atoms with van der Waals surface area (Å²) >= 11 is 5.16. The van der Waals surface area contributed by atoms with Gasteiger partial charge in [0.2, 0.25) is 0 Å². The van der Waals surface area contributed by atoms with Crippen LogP contribution in [0.1, 0.15) is 44.0 Å². The number of amides is 2. The fourth-order valence-corrected chi connectivity index (χ4v) is 3.70. The molecule has 1 aliphatic rings. The van der Waals surface area contributed by atoms with Crippen molar-refractivity contribution in [3.63, 3.8) is 0 Å². The molecule has 0 saturated carbocycles. The number of alkyl carbamates (subject to hydrolysis) is 1. The number of rotatable bonds is 3. The Balaban J connectivity index is 1.60. The Hall–Kier alpha value is -2.68. The fraction of sp³-hybridized carbons (Fsp3) is 0.524. The number of ether oxygens (including phenoxy) is 1. The first-order chi connectivity index (χ1) is 14.0. The molecule has 0 bridgehead atoms. The van der Waals surface area contributed by atoms with Crippen LogP contribution in [-0.4, -0.2) is 51.7 Å². The highest BCUT2D eigenvalue weighted by Gasteiger charge is 2.25. The Labute approximate surface area is 180 Å². The lowest BCUT2D eigenvalue weighted by atomic mass is 9.96. The van der Waals surface area contributed by atoms with E-state index in [-0.39, 0.29) is 11.5 Å². The number of fused-ring (bicyclic) bond motifs is 1. The molecule has 0 radical (unpaired) electrons. The summed E-state index contributed by atoms with van der Waals surface area (Å²) < 4.78 is 6.94. The monoisotopic (exact) mass is 432 g/mol. The molecule has 0 unspecified atom stereocenters. The van der Waals surface area contributed by atoms with E-state index in [1.54, 1.807) is 30.1 Å². The standard InChI is InChI=1S/C21H28N4O4S/c1-21(2,3)29-20(28)22-12-13-7-9-25(10-8-13)17(26)14-5-6-15-16(11-14)23-19(30)24(4)18(15)27/h5-6,11,13H,7-10,12H2,1-4H3,(H,22,28)(H,23,30). The zero-order chi connectivity index (χ0) is 22.1. The molecule has 2 amide bonds. The van der Waals surface area contributed by atoms with Crippen LogP contribution in [0.2, 0.25) is 0 Å². The number of likely N-dealkylation sites (tertiary alicyclic amines) is 1. The highest BCUT2D eigenvalue weighted by Crippen LogP contribution is 2.20. The summed E-state index contributed by atoms with van der Waals surface area (Å²) in [6.07, 6.45) is 1.19. The van der Waals surface area contributed by atoms with Crippen LogP contribution in [0.3, 0.4) is 0 Å². The fourth-order valence-electron chi connectivity index (χ4n) is 3.50. The van der Waals surface area contributed by atoms with Gasteiger partial charge in [0.15, 0.2) is 4.77 Å². The Morgan fingerprint density at radius 2 is 1.93 bits per heavy atom. The molecule has 8 nitrogen and oxygen atoms in total. The van der Waals surface area contributed by atoms with E-state index in [4.69, 9.17) is 17.0 Å². The lowest BCUT2D eigenvalue weighted by molar-refractivity contribution is 0.0500. The number of carbonyl (C=O) groups excluding carboxylic acids is 2. The Bertz CT molecular complexity index is 1080. The number of aromatic nitrogens is 2. The SMILES string of the molecule is Cn1c(=S)[nH]c2cc(C(=O)N3CCC(CNC(=O)OC(C)(C)C)CC3)ccc2c1=O. The summed E-state index contributed by atoms with van der Waals surface area (Å²) in [7, 11) is 1.61. The van der Waals surface area contributed by atoms with E-state index >= 15 is 0 Å². The first-order valence-corrected chi connectivity index (χ1v) is 10.4. The van der Waals surface area contributed by atoms with E-state index < -0.39 is 11.7 Å². The molecule has 1 aromatic carbocycles. The van der Waals surface area contributed by atoms with Crippen molar-refractivity contribution in [3.8, 4) is 0 Å². The minimum Gasteiger partial charge on any atom is -0.444 e. The van der Waals surface area contributed by atoms with Crippen molar-refractivity contribution in [1.29, 1.82) is 0 Å². The third kappa shape index (κ3) is 5.08. The van der Waals surface area contributed by atoms with Crippen molar-refractivity contribution in [2.24, 2.45) is 13.0 Å². The van der Waals surface area contributed by atoms with Crippen LogP contribution in [0.15, 0.2) is 23.0 Å². The molecule has 3 rings (SSSR count). The summed E-state index contributed by atoms with van der Waals surface area (Å²) in [6.45, 7) is 7.25. The van der Waals surface area contributed by atoms with E-state index in [9.17, 15) is 14.4 Å². The first kappa shape index (κ1) is 22.0. The number of hydrogen-bond donors (Lipinski definition) is 2. The zero-order valence-electron chi connectivity index (χ0n) is 17.8. The van der Waals surface area contributed by atoms with E-state index in [2.05, 4.69) is 10.3 Å². The van der Waals surface area contributed by atoms with Crippen molar-refractivity contribution in [3.05, 3.63) is 38.9 Å². The molecule has 2 heterocycles. The summed E-state index contributed by atoms with van der Waals surface area (Å²) in [6, 6.07) is 5.03. The molecule has 2 N–H and O–H groups in total. The van der Waals surface area contributed by atoms with Gasteiger partial charge in [0.05, 0.1) is 10.9 Å². The van der Waals surface area contributed by atoms with Crippen LogP contribution < -0.4 is 10.9 Å². The maximum atomic E-state index is 12.9. The van der Waals surface area contributed by atoms with Gasteiger partial charge >= 0.3 is 6.09 Å². The smallest absolute Gasteiger partial charge is 0.407 e. The van der Waals surface area contributed by atoms with E-state index in [1.807, 2.05) is 20.8 Å². The minimum atomic E-state index is -0.520. The highest BCUT2D eigenvalue weighted by atomic mass is 32.1. The number of benzene rings is 1. The number of H-pyrrole nitrogens is 1. The van der Waals surface area contributed by atoms with Gasteiger partial charge in [-0.15, -0.1) is 0 Å². The van der Waals surface area contributed by atoms with Crippen molar-refractivity contribution < 1.29 is 14.3 Å². The van der Waals surface area contributed by atoms with Gasteiger partial charge in [-0.05, 0) is 69.9 Å². The van der Waals surface area contributed by atoms with Crippen LogP contribution in [0.25, 0.3) is 10.9 Å². The van der Waals surface area contributed by atoms with Gasteiger partial charge in [-0.2, -0.15) is 0 Å². The van der Waals surface area contributed by atoms with Crippen LogP contribution in [0.5, 0.6) is 0 Å². The lowest BCUT2D eigenvalue weighted by Crippen LogP contribution is -2.42. The Morgan fingerprint density at radius 3 is 2.57 bits per heavy atom. The molecular formula is C21H28N4O4S. The van der Waals surface area contributed by atoms with Gasteiger partial charge in [0.25, 0.3) is 11.5 Å². The molecule has 0 atom stereocenters. The van der Waals surface area contributed by atoms with Gasteiger partial charge in [0.1, 0.15) is 5.60 Å². The zero-order valence-corrected chi connectivity index (χ0v) is 18.6. The molecular weight excluding hydrogens is 404 g/mol. The normalized spacial score (nSPS) is 15.3. The number of aromatic amines is 1. The van der Waals surface area contributed by atoms with Gasteiger partial charge < -0.3 is 19.9 Å². The number of nitrogens with one attached hydrogen (secondary N) is 2. The molecule has 0 spiro atoms. The average molecular weight is 433 g/mol. The van der Waals surface area contributed by atoms with E-state index in [0.717, 1.165) is 12.8 Å². The topological polar surface area (TPSA) is 96.4 Å². The molecule has 2 aromatic rings. The Morgan fingerprint density at radius 1 is 1.27 bits per heavy atom. The molecule has 162 valence electrons. The summed E-state index contributed by atoms with van der Waals surface area (Å²) in [5, 5.41) is 3.30. The minimum absolute atomic E-state index is 0.0737. The maximum Gasteiger partial charge on any atom is 0.407 e. The quantitative estimate of drug-likeness (QED) is 0.727. The van der Waals surface area contributed by atoms with Gasteiger partial charge in [-0.25, -0.2) is 4.79 Å². The lowest BCUT2D eigenvalue weighted by Gasteiger charge is -2.32. The second-order valence-corrected chi connectivity index (χ2v) is 9.06. The largest absolute Gasteiger partial charge is 0.444 e. The molecule has 9 heteroatoms. The van der Waals surface area contributed by atoms with Crippen LogP contribution in [-0.2, 0) is 11.8 Å². The highest BCUT2D eigenvalue weighted by molar-refractivity contribution is 7.71. The molecule has 0 aliphatic carbocycles. The average Bonchev–Trinajstić information content (AvgIpc) is 2.69. The third-order valence-electron chi connectivity index (χ3n) is 5.18. The summed E-state index contributed by atoms with van der Waals surface area (Å²) in [5.74, 6) is 0.229. The number of hydrogen-bond acceptors (Lipinski definition) is 5. The predicted octanol–water partition coefficient (Wildman–Crippen LogP) is 2.97. The first-order valence-electron chi connectivity index (χ1n) is 10.0. The van der Waals surface area contributed by atoms with Crippen molar-refractivity contribution >= 4 is 35.1 Å². The summed E-state index contributed by atoms with van der Waals surface area (Å²) in [5.41, 5.74) is 0.371. The number of piperidine rings is 1. The number of carbonyl (C=O) groups is 2. The van der Waals surface area contributed by atoms with Crippen LogP contribution >= 0.6 is 12.2 Å². The predicted molar refractivity (Wildman–Crippen MR) is 117 cm³/mol. The maximum absolute atomic E-state index is 12.9. The van der Waals surface area contributed by atoms with Gasteiger partial charge in [-0.1, -0.05) is 0 Å². The van der Waals surface area contributed by atoms with Crippen molar-refractivity contribution in [1.82, 2.24) is 19.8 Å². The molecule has 30 heavy (non-hydrogen) atoms. The van der Waals surface area contributed by atoms with Gasteiger partial charge in [0, 0.05) is 32.2 Å². The van der Waals surface area contributed by atoms with Crippen molar-refractivity contribution in [2.75, 3.05) is 19.6 Å². The van der Waals surface area contributed by atoms with E-state index in [0.29, 0.717) is 46.8 Å². The van der Waals surface area contributed by atoms with E-state index in [1.165, 1.54) is 4.57 Å². The number of nitrogens with zero attached hydrogens (tertiary/aromatic N) is 2. The van der Waals surface area contributed by atoms with Crippen molar-refractivity contribution in [2.45, 2.75) is 39.2 Å². The third-order valence-corrected chi connectivity index (χ3v) is 5.56. The second kappa shape index (κ2) is 8.59. The van der Waals surface area contributed by atoms with Crippen LogP contribution in [0.4, 0.5) is 4.79 Å². The molecule has 1 aliphatic heterocycles. The second-order valence-electron chi connectivity index (χ2n) is 8.67. The van der Waals surface area contributed by atoms with Gasteiger partial charge in [-0.3, -0.25) is 14.2 Å². The summed E-state index contributed by atoms with van der Waals surface area (Å²) in [4.78, 5) is 41.8. The molecule has 1 aromatic heterocycles. The van der Waals surface area contributed by atoms with Crippen LogP contribution in [0, 0.1) is 10.7 Å². The molecule has 1 fully saturated rings. The molecule has 1 saturated heterocycles. The Kier molecular flexibility index (Phi) is 6.30.